The molecule has 108 valence electrons. The van der Waals surface area contributed by atoms with Gasteiger partial charge in [-0.15, -0.1) is 24.8 Å². The van der Waals surface area contributed by atoms with E-state index in [2.05, 4.69) is 10.3 Å². The molecule has 1 aromatic rings. The molecule has 1 aliphatic rings. The number of likely N-dealkylation sites (tertiary alicyclic amines) is 1. The molecule has 1 aromatic heterocycles. The molecule has 0 saturated carbocycles. The number of hydrogen-bond donors (Lipinski definition) is 1. The molecule has 2 rings (SSSR count). The Hall–Kier alpha value is -0.910. The topological polar surface area (TPSA) is 45.2 Å². The Kier molecular flexibility index (Phi) is 7.90. The first-order valence-corrected chi connectivity index (χ1v) is 5.78. The van der Waals surface area contributed by atoms with Crippen molar-refractivity contribution in [3.63, 3.8) is 0 Å². The highest BCUT2D eigenvalue weighted by Crippen LogP contribution is 2.15. The molecular formula is C12H18Cl2FN3O. The number of pyridine rings is 1. The lowest BCUT2D eigenvalue weighted by Gasteiger charge is -2.32. The summed E-state index contributed by atoms with van der Waals surface area (Å²) in [6, 6.07) is 1.73. The van der Waals surface area contributed by atoms with Crippen molar-refractivity contribution >= 4 is 30.7 Å². The SMILES string of the molecule is CNC1CCCN(C(=O)c2ccncc2F)C1.Cl.Cl. The number of halogens is 3. The van der Waals surface area contributed by atoms with E-state index in [4.69, 9.17) is 0 Å². The fourth-order valence-electron chi connectivity index (χ4n) is 2.12. The Morgan fingerprint density at radius 1 is 1.53 bits per heavy atom. The maximum absolute atomic E-state index is 13.4. The highest BCUT2D eigenvalue weighted by Gasteiger charge is 2.25. The van der Waals surface area contributed by atoms with Crippen LogP contribution in [-0.4, -0.2) is 42.0 Å². The molecule has 0 bridgehead atoms. The molecule has 0 aliphatic carbocycles. The van der Waals surface area contributed by atoms with E-state index >= 15 is 0 Å². The monoisotopic (exact) mass is 309 g/mol. The normalized spacial score (nSPS) is 18.2. The van der Waals surface area contributed by atoms with Gasteiger partial charge in [0.15, 0.2) is 5.82 Å². The Bertz CT molecular complexity index is 420. The molecule has 2 heterocycles. The smallest absolute Gasteiger partial charge is 0.256 e. The van der Waals surface area contributed by atoms with Gasteiger partial charge in [0.2, 0.25) is 0 Å². The first kappa shape index (κ1) is 18.1. The van der Waals surface area contributed by atoms with Gasteiger partial charge in [0.05, 0.1) is 11.8 Å². The zero-order valence-corrected chi connectivity index (χ0v) is 12.3. The first-order chi connectivity index (χ1) is 8.22. The summed E-state index contributed by atoms with van der Waals surface area (Å²) in [5.41, 5.74) is 0.108. The third-order valence-corrected chi connectivity index (χ3v) is 3.12. The molecule has 1 saturated heterocycles. The van der Waals surface area contributed by atoms with Crippen LogP contribution in [0.4, 0.5) is 4.39 Å². The standard InChI is InChI=1S/C12H16FN3O.2ClH/c1-14-9-3-2-6-16(8-9)12(17)10-4-5-15-7-11(10)13;;/h4-5,7,9,14H,2-3,6,8H2,1H3;2*1H. The summed E-state index contributed by atoms with van der Waals surface area (Å²) in [6.07, 6.45) is 4.52. The lowest BCUT2D eigenvalue weighted by molar-refractivity contribution is 0.0693. The zero-order valence-electron chi connectivity index (χ0n) is 10.6. The fourth-order valence-corrected chi connectivity index (χ4v) is 2.12. The molecular weight excluding hydrogens is 292 g/mol. The van der Waals surface area contributed by atoms with Gasteiger partial charge in [-0.25, -0.2) is 4.39 Å². The molecule has 7 heteroatoms. The number of piperidine rings is 1. The quantitative estimate of drug-likeness (QED) is 0.907. The van der Waals surface area contributed by atoms with Crippen molar-refractivity contribution in [3.05, 3.63) is 29.8 Å². The molecule has 0 radical (unpaired) electrons. The fraction of sp³-hybridized carbons (Fsp3) is 0.500. The third-order valence-electron chi connectivity index (χ3n) is 3.12. The average molecular weight is 310 g/mol. The second-order valence-electron chi connectivity index (χ2n) is 4.23. The van der Waals surface area contributed by atoms with E-state index in [1.165, 1.54) is 12.3 Å². The molecule has 1 fully saturated rings. The zero-order chi connectivity index (χ0) is 12.3. The van der Waals surface area contributed by atoms with Gasteiger partial charge in [0, 0.05) is 25.3 Å². The van der Waals surface area contributed by atoms with E-state index in [1.54, 1.807) is 4.90 Å². The summed E-state index contributed by atoms with van der Waals surface area (Å²) in [7, 11) is 1.88. The third kappa shape index (κ3) is 4.30. The van der Waals surface area contributed by atoms with Gasteiger partial charge < -0.3 is 10.2 Å². The Morgan fingerprint density at radius 2 is 2.26 bits per heavy atom. The van der Waals surface area contributed by atoms with Crippen LogP contribution in [-0.2, 0) is 0 Å². The van der Waals surface area contributed by atoms with Crippen molar-refractivity contribution in [1.29, 1.82) is 0 Å². The molecule has 0 aromatic carbocycles. The predicted octanol–water partition coefficient (Wildman–Crippen LogP) is 1.89. The van der Waals surface area contributed by atoms with E-state index in [9.17, 15) is 9.18 Å². The highest BCUT2D eigenvalue weighted by molar-refractivity contribution is 5.94. The summed E-state index contributed by atoms with van der Waals surface area (Å²) in [6.45, 7) is 1.33. The molecule has 19 heavy (non-hydrogen) atoms. The van der Waals surface area contributed by atoms with Gasteiger partial charge in [-0.2, -0.15) is 0 Å². The largest absolute Gasteiger partial charge is 0.337 e. The predicted molar refractivity (Wildman–Crippen MR) is 76.7 cm³/mol. The number of carbonyl (C=O) groups is 1. The van der Waals surface area contributed by atoms with Crippen LogP contribution in [0.1, 0.15) is 23.2 Å². The number of hydrogen-bond acceptors (Lipinski definition) is 3. The van der Waals surface area contributed by atoms with Crippen molar-refractivity contribution in [1.82, 2.24) is 15.2 Å². The number of carbonyl (C=O) groups excluding carboxylic acids is 1. The van der Waals surface area contributed by atoms with Crippen LogP contribution >= 0.6 is 24.8 Å². The summed E-state index contributed by atoms with van der Waals surface area (Å²) in [5, 5.41) is 3.15. The number of nitrogens with one attached hydrogen (secondary N) is 1. The summed E-state index contributed by atoms with van der Waals surface area (Å²) in [4.78, 5) is 17.5. The molecule has 1 amide bonds. The van der Waals surface area contributed by atoms with Crippen LogP contribution < -0.4 is 5.32 Å². The summed E-state index contributed by atoms with van der Waals surface area (Å²) < 4.78 is 13.4. The number of likely N-dealkylation sites (N-methyl/N-ethyl adjacent to an activating group) is 1. The molecule has 1 unspecified atom stereocenters. The number of nitrogens with zero attached hydrogens (tertiary/aromatic N) is 2. The first-order valence-electron chi connectivity index (χ1n) is 5.78. The van der Waals surface area contributed by atoms with E-state index < -0.39 is 5.82 Å². The Labute approximate surface area is 124 Å². The van der Waals surface area contributed by atoms with Gasteiger partial charge >= 0.3 is 0 Å². The van der Waals surface area contributed by atoms with Crippen molar-refractivity contribution < 1.29 is 9.18 Å². The summed E-state index contributed by atoms with van der Waals surface area (Å²) in [5.74, 6) is -0.797. The van der Waals surface area contributed by atoms with E-state index in [-0.39, 0.29) is 36.3 Å². The molecule has 1 atom stereocenters. The van der Waals surface area contributed by atoms with E-state index in [0.717, 1.165) is 19.0 Å². The maximum atomic E-state index is 13.4. The lowest BCUT2D eigenvalue weighted by atomic mass is 10.0. The lowest BCUT2D eigenvalue weighted by Crippen LogP contribution is -2.47. The van der Waals surface area contributed by atoms with Crippen LogP contribution in [0.2, 0.25) is 0 Å². The molecule has 4 nitrogen and oxygen atoms in total. The highest BCUT2D eigenvalue weighted by atomic mass is 35.5. The number of amides is 1. The van der Waals surface area contributed by atoms with Crippen molar-refractivity contribution in [2.75, 3.05) is 20.1 Å². The maximum Gasteiger partial charge on any atom is 0.256 e. The minimum Gasteiger partial charge on any atom is -0.337 e. The second-order valence-corrected chi connectivity index (χ2v) is 4.23. The number of rotatable bonds is 2. The average Bonchev–Trinajstić information content (AvgIpc) is 2.38. The van der Waals surface area contributed by atoms with Gasteiger partial charge in [0.1, 0.15) is 0 Å². The van der Waals surface area contributed by atoms with Gasteiger partial charge in [-0.1, -0.05) is 0 Å². The Balaban J connectivity index is 0.00000162. The minimum absolute atomic E-state index is 0. The van der Waals surface area contributed by atoms with Gasteiger partial charge in [-0.3, -0.25) is 9.78 Å². The minimum atomic E-state index is -0.552. The molecule has 1 N–H and O–H groups in total. The van der Waals surface area contributed by atoms with Crippen LogP contribution in [0.3, 0.4) is 0 Å². The Morgan fingerprint density at radius 3 is 2.89 bits per heavy atom. The van der Waals surface area contributed by atoms with Crippen LogP contribution in [0.5, 0.6) is 0 Å². The van der Waals surface area contributed by atoms with Crippen molar-refractivity contribution in [3.8, 4) is 0 Å². The van der Waals surface area contributed by atoms with Crippen molar-refractivity contribution in [2.45, 2.75) is 18.9 Å². The van der Waals surface area contributed by atoms with Gasteiger partial charge in [0.25, 0.3) is 5.91 Å². The molecule has 1 aliphatic heterocycles. The molecule has 0 spiro atoms. The number of aromatic nitrogens is 1. The van der Waals surface area contributed by atoms with E-state index in [0.29, 0.717) is 19.1 Å². The second kappa shape index (κ2) is 8.30. The van der Waals surface area contributed by atoms with Gasteiger partial charge in [-0.05, 0) is 26.0 Å². The summed E-state index contributed by atoms with van der Waals surface area (Å²) >= 11 is 0. The van der Waals surface area contributed by atoms with Crippen LogP contribution in [0.15, 0.2) is 18.5 Å². The van der Waals surface area contributed by atoms with E-state index in [1.807, 2.05) is 7.05 Å². The van der Waals surface area contributed by atoms with Crippen LogP contribution in [0, 0.1) is 5.82 Å². The van der Waals surface area contributed by atoms with Crippen molar-refractivity contribution in [2.24, 2.45) is 0 Å². The van der Waals surface area contributed by atoms with Crippen LogP contribution in [0.25, 0.3) is 0 Å².